The first-order valence-electron chi connectivity index (χ1n) is 6.52. The second-order valence-corrected chi connectivity index (χ2v) is 4.87. The first kappa shape index (κ1) is 13.3. The predicted molar refractivity (Wildman–Crippen MR) is 71.3 cm³/mol. The summed E-state index contributed by atoms with van der Waals surface area (Å²) in [5, 5.41) is 0. The van der Waals surface area contributed by atoms with E-state index >= 15 is 0 Å². The molecule has 0 bridgehead atoms. The average molecular weight is 250 g/mol. The van der Waals surface area contributed by atoms with Gasteiger partial charge in [-0.05, 0) is 44.4 Å². The van der Waals surface area contributed by atoms with Crippen LogP contribution in [0.2, 0.25) is 0 Å². The van der Waals surface area contributed by atoms with Crippen molar-refractivity contribution in [2.24, 2.45) is 5.84 Å². The fourth-order valence-corrected chi connectivity index (χ4v) is 2.58. The lowest BCUT2D eigenvalue weighted by Gasteiger charge is -2.33. The van der Waals surface area contributed by atoms with Gasteiger partial charge in [0.15, 0.2) is 0 Å². The number of hydrogen-bond donors (Lipinski definition) is 2. The molecule has 2 rings (SSSR count). The van der Waals surface area contributed by atoms with Gasteiger partial charge in [0.2, 0.25) is 0 Å². The quantitative estimate of drug-likeness (QED) is 0.621. The number of hydrogen-bond acceptors (Lipinski definition) is 4. The van der Waals surface area contributed by atoms with Gasteiger partial charge in [0.1, 0.15) is 5.75 Å². The maximum Gasteiger partial charge on any atom is 0.119 e. The summed E-state index contributed by atoms with van der Waals surface area (Å²) >= 11 is 0. The van der Waals surface area contributed by atoms with Crippen LogP contribution in [0, 0.1) is 0 Å². The number of hydrazine groups is 1. The van der Waals surface area contributed by atoms with E-state index in [-0.39, 0.29) is 11.6 Å². The largest absolute Gasteiger partial charge is 0.494 e. The summed E-state index contributed by atoms with van der Waals surface area (Å²) in [6.07, 6.45) is 2.11. The Hall–Kier alpha value is -1.10. The lowest BCUT2D eigenvalue weighted by molar-refractivity contribution is -0.0125. The lowest BCUT2D eigenvalue weighted by atomic mass is 9.88. The van der Waals surface area contributed by atoms with E-state index in [4.69, 9.17) is 15.3 Å². The Morgan fingerprint density at radius 1 is 1.44 bits per heavy atom. The summed E-state index contributed by atoms with van der Waals surface area (Å²) in [6, 6.07) is 8.05. The molecule has 100 valence electrons. The number of nitrogens with one attached hydrogen (secondary N) is 1. The third kappa shape index (κ3) is 2.66. The Kier molecular flexibility index (Phi) is 4.22. The average Bonchev–Trinajstić information content (AvgIpc) is 2.80. The molecule has 1 aromatic rings. The van der Waals surface area contributed by atoms with E-state index in [2.05, 4.69) is 12.3 Å². The summed E-state index contributed by atoms with van der Waals surface area (Å²) in [4.78, 5) is 0. The van der Waals surface area contributed by atoms with Crippen molar-refractivity contribution in [1.82, 2.24) is 5.43 Å². The molecule has 4 nitrogen and oxygen atoms in total. The SMILES string of the molecule is CCOc1ccc(C(NN)C2(C)CCCO2)cc1. The molecule has 1 aromatic carbocycles. The van der Waals surface area contributed by atoms with Crippen LogP contribution >= 0.6 is 0 Å². The van der Waals surface area contributed by atoms with Crippen LogP contribution < -0.4 is 16.0 Å². The van der Waals surface area contributed by atoms with Crippen molar-refractivity contribution in [3.8, 4) is 5.75 Å². The standard InChI is InChI=1S/C14H22N2O2/c1-3-17-12-7-5-11(6-8-12)13(16-15)14(2)9-4-10-18-14/h5-8,13,16H,3-4,9-10,15H2,1-2H3. The highest BCUT2D eigenvalue weighted by atomic mass is 16.5. The fraction of sp³-hybridized carbons (Fsp3) is 0.571. The second-order valence-electron chi connectivity index (χ2n) is 4.87. The molecule has 3 N–H and O–H groups in total. The van der Waals surface area contributed by atoms with Crippen LogP contribution in [0.5, 0.6) is 5.75 Å². The van der Waals surface area contributed by atoms with Gasteiger partial charge in [0.25, 0.3) is 0 Å². The van der Waals surface area contributed by atoms with Gasteiger partial charge in [-0.2, -0.15) is 0 Å². The monoisotopic (exact) mass is 250 g/mol. The highest BCUT2D eigenvalue weighted by Gasteiger charge is 2.38. The lowest BCUT2D eigenvalue weighted by Crippen LogP contribution is -2.44. The maximum absolute atomic E-state index is 5.85. The summed E-state index contributed by atoms with van der Waals surface area (Å²) in [5.41, 5.74) is 3.80. The van der Waals surface area contributed by atoms with Gasteiger partial charge in [0.05, 0.1) is 18.2 Å². The van der Waals surface area contributed by atoms with Gasteiger partial charge in [0, 0.05) is 6.61 Å². The van der Waals surface area contributed by atoms with Crippen molar-refractivity contribution < 1.29 is 9.47 Å². The second kappa shape index (κ2) is 5.69. The van der Waals surface area contributed by atoms with E-state index in [0.717, 1.165) is 30.8 Å². The number of nitrogens with two attached hydrogens (primary N) is 1. The van der Waals surface area contributed by atoms with Crippen LogP contribution in [0.4, 0.5) is 0 Å². The Balaban J connectivity index is 2.16. The van der Waals surface area contributed by atoms with Crippen molar-refractivity contribution in [2.75, 3.05) is 13.2 Å². The molecule has 1 fully saturated rings. The van der Waals surface area contributed by atoms with Crippen molar-refractivity contribution in [1.29, 1.82) is 0 Å². The van der Waals surface area contributed by atoms with E-state index in [0.29, 0.717) is 6.61 Å². The zero-order chi connectivity index (χ0) is 13.0. The zero-order valence-corrected chi connectivity index (χ0v) is 11.1. The predicted octanol–water partition coefficient (Wildman–Crippen LogP) is 2.16. The Labute approximate surface area is 108 Å². The van der Waals surface area contributed by atoms with Crippen molar-refractivity contribution >= 4 is 0 Å². The third-order valence-electron chi connectivity index (χ3n) is 3.55. The van der Waals surface area contributed by atoms with Crippen molar-refractivity contribution in [3.05, 3.63) is 29.8 Å². The summed E-state index contributed by atoms with van der Waals surface area (Å²) < 4.78 is 11.3. The molecule has 1 saturated heterocycles. The van der Waals surface area contributed by atoms with Crippen molar-refractivity contribution in [3.63, 3.8) is 0 Å². The van der Waals surface area contributed by atoms with Gasteiger partial charge in [-0.15, -0.1) is 0 Å². The minimum Gasteiger partial charge on any atom is -0.494 e. The molecule has 1 heterocycles. The summed E-state index contributed by atoms with van der Waals surface area (Å²) in [6.45, 7) is 5.58. The molecular weight excluding hydrogens is 228 g/mol. The zero-order valence-electron chi connectivity index (χ0n) is 11.1. The maximum atomic E-state index is 5.85. The smallest absolute Gasteiger partial charge is 0.119 e. The van der Waals surface area contributed by atoms with E-state index < -0.39 is 0 Å². The van der Waals surface area contributed by atoms with Gasteiger partial charge >= 0.3 is 0 Å². The molecule has 0 spiro atoms. The van der Waals surface area contributed by atoms with Gasteiger partial charge in [-0.1, -0.05) is 12.1 Å². The Morgan fingerprint density at radius 2 is 2.17 bits per heavy atom. The molecule has 1 aliphatic rings. The Morgan fingerprint density at radius 3 is 2.67 bits per heavy atom. The van der Waals surface area contributed by atoms with Crippen LogP contribution in [-0.2, 0) is 4.74 Å². The van der Waals surface area contributed by atoms with E-state index in [9.17, 15) is 0 Å². The normalized spacial score (nSPS) is 25.1. The molecule has 0 aliphatic carbocycles. The van der Waals surface area contributed by atoms with E-state index in [1.165, 1.54) is 0 Å². The molecular formula is C14H22N2O2. The molecule has 0 saturated carbocycles. The van der Waals surface area contributed by atoms with Gasteiger partial charge in [-0.25, -0.2) is 0 Å². The molecule has 1 aliphatic heterocycles. The van der Waals surface area contributed by atoms with Crippen LogP contribution in [0.3, 0.4) is 0 Å². The minimum atomic E-state index is -0.220. The fourth-order valence-electron chi connectivity index (χ4n) is 2.58. The minimum absolute atomic E-state index is 0.00989. The van der Waals surface area contributed by atoms with Gasteiger partial charge in [-0.3, -0.25) is 11.3 Å². The summed E-state index contributed by atoms with van der Waals surface area (Å²) in [7, 11) is 0. The van der Waals surface area contributed by atoms with Crippen LogP contribution in [0.1, 0.15) is 38.3 Å². The topological polar surface area (TPSA) is 56.5 Å². The van der Waals surface area contributed by atoms with Crippen LogP contribution in [-0.4, -0.2) is 18.8 Å². The third-order valence-corrected chi connectivity index (χ3v) is 3.55. The summed E-state index contributed by atoms with van der Waals surface area (Å²) in [5.74, 6) is 6.59. The molecule has 18 heavy (non-hydrogen) atoms. The first-order chi connectivity index (χ1) is 8.69. The molecule has 2 atom stereocenters. The molecule has 4 heteroatoms. The van der Waals surface area contributed by atoms with Crippen LogP contribution in [0.25, 0.3) is 0 Å². The van der Waals surface area contributed by atoms with E-state index in [1.54, 1.807) is 0 Å². The highest BCUT2D eigenvalue weighted by molar-refractivity contribution is 5.30. The van der Waals surface area contributed by atoms with Crippen LogP contribution in [0.15, 0.2) is 24.3 Å². The molecule has 0 aromatic heterocycles. The van der Waals surface area contributed by atoms with Crippen molar-refractivity contribution in [2.45, 2.75) is 38.3 Å². The number of ether oxygens (including phenoxy) is 2. The molecule has 0 amide bonds. The Bertz CT molecular complexity index is 372. The molecule has 2 unspecified atom stereocenters. The first-order valence-corrected chi connectivity index (χ1v) is 6.52. The highest BCUT2D eigenvalue weighted by Crippen LogP contribution is 2.37. The van der Waals surface area contributed by atoms with E-state index in [1.807, 2.05) is 31.2 Å². The van der Waals surface area contributed by atoms with Gasteiger partial charge < -0.3 is 9.47 Å². The number of benzene rings is 1. The number of rotatable bonds is 5. The molecule has 0 radical (unpaired) electrons.